The molecule has 0 saturated carbocycles. The number of hydrogen-bond acceptors (Lipinski definition) is 5. The Morgan fingerprint density at radius 3 is 2.92 bits per heavy atom. The van der Waals surface area contributed by atoms with E-state index in [2.05, 4.69) is 20.9 Å². The number of para-hydroxylation sites is 1. The van der Waals surface area contributed by atoms with E-state index in [0.717, 1.165) is 11.3 Å². The Hall–Kier alpha value is -2.61. The van der Waals surface area contributed by atoms with Gasteiger partial charge >= 0.3 is 5.97 Å². The van der Waals surface area contributed by atoms with Crippen LogP contribution < -0.4 is 21.7 Å². The standard InChI is InChI=1S/C16H23N5O3/c1-3-24-14(23)9-11-8-13(22)20-16(18-11)21-15(17)19-12-7-5-4-6-10(12)2/h4-7,11,16,18H,3,8-9H2,1-2H3,(H,20,22)(H3,17,19,21). The number of carbonyl (C=O) groups excluding carboxylic acids is 2. The number of anilines is 1. The molecule has 8 nitrogen and oxygen atoms in total. The van der Waals surface area contributed by atoms with Gasteiger partial charge in [0.1, 0.15) is 0 Å². The van der Waals surface area contributed by atoms with Gasteiger partial charge in [0.2, 0.25) is 5.91 Å². The summed E-state index contributed by atoms with van der Waals surface area (Å²) in [5, 5.41) is 8.73. The molecule has 0 aromatic heterocycles. The average molecular weight is 333 g/mol. The molecule has 0 radical (unpaired) electrons. The summed E-state index contributed by atoms with van der Waals surface area (Å²) in [6, 6.07) is 7.31. The first-order chi connectivity index (χ1) is 11.5. The van der Waals surface area contributed by atoms with Crippen LogP contribution in [0.3, 0.4) is 0 Å². The monoisotopic (exact) mass is 333 g/mol. The summed E-state index contributed by atoms with van der Waals surface area (Å²) in [5.41, 5.74) is 7.76. The number of ether oxygens (including phenoxy) is 1. The lowest BCUT2D eigenvalue weighted by Gasteiger charge is -2.28. The molecule has 1 aliphatic rings. The largest absolute Gasteiger partial charge is 0.466 e. The van der Waals surface area contributed by atoms with Crippen molar-refractivity contribution in [2.45, 2.75) is 39.0 Å². The van der Waals surface area contributed by atoms with Crippen molar-refractivity contribution in [1.82, 2.24) is 10.6 Å². The number of esters is 1. The van der Waals surface area contributed by atoms with Gasteiger partial charge in [0.05, 0.1) is 13.0 Å². The molecule has 2 rings (SSSR count). The quantitative estimate of drug-likeness (QED) is 0.353. The van der Waals surface area contributed by atoms with E-state index in [1.165, 1.54) is 0 Å². The molecule has 1 saturated heterocycles. The molecule has 130 valence electrons. The minimum absolute atomic E-state index is 0.110. The lowest BCUT2D eigenvalue weighted by atomic mass is 10.1. The SMILES string of the molecule is CCOC(=O)CC1CC(=O)NC(/N=C(\N)Nc2ccccc2C)N1. The molecule has 1 heterocycles. The van der Waals surface area contributed by atoms with Gasteiger partial charge in [-0.1, -0.05) is 18.2 Å². The summed E-state index contributed by atoms with van der Waals surface area (Å²) in [6.07, 6.45) is -0.392. The molecule has 0 bridgehead atoms. The van der Waals surface area contributed by atoms with Crippen molar-refractivity contribution in [2.24, 2.45) is 10.7 Å². The first-order valence-electron chi connectivity index (χ1n) is 7.85. The van der Waals surface area contributed by atoms with Crippen LogP contribution in [0, 0.1) is 6.92 Å². The molecule has 8 heteroatoms. The van der Waals surface area contributed by atoms with E-state index in [1.54, 1.807) is 6.92 Å². The van der Waals surface area contributed by atoms with Crippen molar-refractivity contribution >= 4 is 23.5 Å². The normalized spacial score (nSPS) is 21.1. The minimum atomic E-state index is -0.692. The molecule has 2 atom stereocenters. The third-order valence-corrected chi connectivity index (χ3v) is 3.52. The number of benzene rings is 1. The number of rotatable bonds is 5. The predicted molar refractivity (Wildman–Crippen MR) is 91.1 cm³/mol. The highest BCUT2D eigenvalue weighted by atomic mass is 16.5. The number of aryl methyl sites for hydroxylation is 1. The van der Waals surface area contributed by atoms with Crippen molar-refractivity contribution in [1.29, 1.82) is 0 Å². The van der Waals surface area contributed by atoms with E-state index >= 15 is 0 Å². The summed E-state index contributed by atoms with van der Waals surface area (Å²) in [5.74, 6) is -0.377. The molecule has 2 unspecified atom stereocenters. The number of nitrogens with zero attached hydrogens (tertiary/aromatic N) is 1. The lowest BCUT2D eigenvalue weighted by Crippen LogP contribution is -2.56. The lowest BCUT2D eigenvalue weighted by molar-refractivity contribution is -0.144. The third-order valence-electron chi connectivity index (χ3n) is 3.52. The van der Waals surface area contributed by atoms with E-state index in [1.807, 2.05) is 31.2 Å². The molecule has 1 aromatic rings. The van der Waals surface area contributed by atoms with Crippen LogP contribution in [-0.2, 0) is 14.3 Å². The predicted octanol–water partition coefficient (Wildman–Crippen LogP) is 0.437. The Morgan fingerprint density at radius 2 is 2.21 bits per heavy atom. The second-order valence-corrected chi connectivity index (χ2v) is 5.50. The van der Waals surface area contributed by atoms with Crippen LogP contribution in [0.15, 0.2) is 29.3 Å². The maximum absolute atomic E-state index is 11.8. The first kappa shape index (κ1) is 17.7. The van der Waals surface area contributed by atoms with Crippen molar-refractivity contribution in [3.8, 4) is 0 Å². The van der Waals surface area contributed by atoms with E-state index in [9.17, 15) is 9.59 Å². The van der Waals surface area contributed by atoms with Gasteiger partial charge in [-0.2, -0.15) is 0 Å². The van der Waals surface area contributed by atoms with E-state index in [4.69, 9.17) is 10.5 Å². The summed E-state index contributed by atoms with van der Waals surface area (Å²) in [4.78, 5) is 27.6. The second-order valence-electron chi connectivity index (χ2n) is 5.50. The van der Waals surface area contributed by atoms with Gasteiger partial charge in [-0.3, -0.25) is 14.9 Å². The zero-order chi connectivity index (χ0) is 17.5. The molecule has 1 aliphatic heterocycles. The van der Waals surface area contributed by atoms with Crippen molar-refractivity contribution in [3.05, 3.63) is 29.8 Å². The number of amides is 1. The van der Waals surface area contributed by atoms with Crippen LogP contribution in [0.2, 0.25) is 0 Å². The molecular formula is C16H23N5O3. The highest BCUT2D eigenvalue weighted by Gasteiger charge is 2.27. The molecule has 0 aliphatic carbocycles. The van der Waals surface area contributed by atoms with E-state index in [0.29, 0.717) is 6.61 Å². The maximum atomic E-state index is 11.8. The molecule has 1 aromatic carbocycles. The highest BCUT2D eigenvalue weighted by Crippen LogP contribution is 2.13. The number of nitrogens with one attached hydrogen (secondary N) is 3. The fraction of sp³-hybridized carbons (Fsp3) is 0.438. The number of nitrogens with two attached hydrogens (primary N) is 1. The number of guanidine groups is 1. The van der Waals surface area contributed by atoms with Crippen LogP contribution >= 0.6 is 0 Å². The van der Waals surface area contributed by atoms with E-state index in [-0.39, 0.29) is 36.7 Å². The van der Waals surface area contributed by atoms with Crippen LogP contribution in [0.1, 0.15) is 25.3 Å². The maximum Gasteiger partial charge on any atom is 0.307 e. The van der Waals surface area contributed by atoms with Gasteiger partial charge in [0.25, 0.3) is 0 Å². The Labute approximate surface area is 140 Å². The first-order valence-corrected chi connectivity index (χ1v) is 7.85. The van der Waals surface area contributed by atoms with Gasteiger partial charge in [-0.25, -0.2) is 4.99 Å². The van der Waals surface area contributed by atoms with Crippen LogP contribution in [0.5, 0.6) is 0 Å². The minimum Gasteiger partial charge on any atom is -0.466 e. The Kier molecular flexibility index (Phi) is 6.14. The summed E-state index contributed by atoms with van der Waals surface area (Å²) < 4.78 is 4.90. The average Bonchev–Trinajstić information content (AvgIpc) is 2.49. The Balaban J connectivity index is 1.98. The van der Waals surface area contributed by atoms with Crippen molar-refractivity contribution in [3.63, 3.8) is 0 Å². The molecule has 24 heavy (non-hydrogen) atoms. The fourth-order valence-electron chi connectivity index (χ4n) is 2.40. The van der Waals surface area contributed by atoms with Crippen molar-refractivity contribution in [2.75, 3.05) is 11.9 Å². The van der Waals surface area contributed by atoms with Gasteiger partial charge in [-0.15, -0.1) is 0 Å². The van der Waals surface area contributed by atoms with Gasteiger partial charge < -0.3 is 21.1 Å². The Bertz CT molecular complexity index is 632. The van der Waals surface area contributed by atoms with Gasteiger partial charge in [0, 0.05) is 18.2 Å². The number of carbonyl (C=O) groups is 2. The fourth-order valence-corrected chi connectivity index (χ4v) is 2.40. The number of aliphatic imine (C=N–C) groups is 1. The zero-order valence-electron chi connectivity index (χ0n) is 13.8. The summed E-state index contributed by atoms with van der Waals surface area (Å²) >= 11 is 0. The molecular weight excluding hydrogens is 310 g/mol. The zero-order valence-corrected chi connectivity index (χ0v) is 13.8. The molecule has 1 fully saturated rings. The highest BCUT2D eigenvalue weighted by molar-refractivity contribution is 5.93. The van der Waals surface area contributed by atoms with Crippen LogP contribution in [0.4, 0.5) is 5.69 Å². The van der Waals surface area contributed by atoms with Crippen LogP contribution in [-0.4, -0.2) is 36.8 Å². The second kappa shape index (κ2) is 8.30. The van der Waals surface area contributed by atoms with Crippen molar-refractivity contribution < 1.29 is 14.3 Å². The van der Waals surface area contributed by atoms with Gasteiger partial charge in [-0.05, 0) is 25.5 Å². The van der Waals surface area contributed by atoms with E-state index < -0.39 is 6.29 Å². The van der Waals surface area contributed by atoms with Crippen LogP contribution in [0.25, 0.3) is 0 Å². The Morgan fingerprint density at radius 1 is 1.46 bits per heavy atom. The van der Waals surface area contributed by atoms with Gasteiger partial charge in [0.15, 0.2) is 12.2 Å². The topological polar surface area (TPSA) is 118 Å². The molecule has 0 spiro atoms. The summed E-state index contributed by atoms with van der Waals surface area (Å²) in [6.45, 7) is 4.00. The molecule has 5 N–H and O–H groups in total. The molecule has 1 amide bonds. The summed E-state index contributed by atoms with van der Waals surface area (Å²) in [7, 11) is 0. The smallest absolute Gasteiger partial charge is 0.307 e. The number of hydrogen-bond donors (Lipinski definition) is 4. The third kappa shape index (κ3) is 5.24.